The zero-order valence-electron chi connectivity index (χ0n) is 21.5. The number of nitrogens with one attached hydrogen (secondary N) is 2. The number of carboxylic acid groups (broad SMARTS) is 1. The van der Waals surface area contributed by atoms with Gasteiger partial charge in [-0.25, -0.2) is 4.79 Å². The Morgan fingerprint density at radius 3 is 2.00 bits per heavy atom. The summed E-state index contributed by atoms with van der Waals surface area (Å²) in [6.45, 7) is 0.427. The molecule has 10 heteroatoms. The molecule has 0 saturated carbocycles. The molecule has 0 heterocycles. The van der Waals surface area contributed by atoms with Crippen LogP contribution in [-0.4, -0.2) is 46.6 Å². The molecule has 0 bridgehead atoms. The van der Waals surface area contributed by atoms with E-state index in [-0.39, 0.29) is 25.0 Å². The van der Waals surface area contributed by atoms with Crippen LogP contribution in [-0.2, 0) is 27.2 Å². The van der Waals surface area contributed by atoms with Crippen LogP contribution in [0.15, 0.2) is 89.1 Å². The average Bonchev–Trinajstić information content (AvgIpc) is 2.93. The summed E-state index contributed by atoms with van der Waals surface area (Å²) >= 11 is 0. The van der Waals surface area contributed by atoms with E-state index in [2.05, 4.69) is 20.9 Å². The minimum atomic E-state index is -1.15. The third kappa shape index (κ3) is 10.0. The van der Waals surface area contributed by atoms with Crippen LogP contribution in [0.25, 0.3) is 0 Å². The Hall–Kier alpha value is -4.57. The molecule has 6 N–H and O–H groups in total. The number of nitrogens with two attached hydrogens (primary N) is 1. The number of phenolic OH excluding ortho intramolecular Hbond substituents is 1. The van der Waals surface area contributed by atoms with Gasteiger partial charge in [0.2, 0.25) is 11.8 Å². The highest BCUT2D eigenvalue weighted by molar-refractivity contribution is 5.91. The lowest BCUT2D eigenvalue weighted by molar-refractivity contribution is -0.142. The first-order chi connectivity index (χ1) is 18.8. The summed E-state index contributed by atoms with van der Waals surface area (Å²) in [6, 6.07) is 20.4. The number of carbonyl (C=O) groups excluding carboxylic acids is 2. The first kappa shape index (κ1) is 29.0. The molecule has 0 saturated heterocycles. The van der Waals surface area contributed by atoms with E-state index in [0.717, 1.165) is 5.69 Å². The average molecular weight is 532 g/mol. The van der Waals surface area contributed by atoms with Crippen molar-refractivity contribution in [1.29, 1.82) is 0 Å². The normalized spacial score (nSPS) is 12.5. The Labute approximate surface area is 227 Å². The number of rotatable bonds is 14. The van der Waals surface area contributed by atoms with Gasteiger partial charge in [-0.15, -0.1) is 0 Å². The number of benzene rings is 3. The summed E-state index contributed by atoms with van der Waals surface area (Å²) in [4.78, 5) is 37.7. The minimum Gasteiger partial charge on any atom is -0.508 e. The van der Waals surface area contributed by atoms with Crippen molar-refractivity contribution in [2.24, 2.45) is 16.0 Å². The van der Waals surface area contributed by atoms with Crippen LogP contribution in [0, 0.1) is 0 Å². The van der Waals surface area contributed by atoms with E-state index in [0.29, 0.717) is 36.2 Å². The van der Waals surface area contributed by atoms with Crippen molar-refractivity contribution >= 4 is 29.2 Å². The number of carbonyl (C=O) groups is 3. The maximum Gasteiger partial charge on any atom is 0.326 e. The quantitative estimate of drug-likeness (QED) is 0.157. The Kier molecular flexibility index (Phi) is 11.1. The molecule has 39 heavy (non-hydrogen) atoms. The van der Waals surface area contributed by atoms with Crippen LogP contribution in [0.4, 0.5) is 11.4 Å². The smallest absolute Gasteiger partial charge is 0.326 e. The summed E-state index contributed by atoms with van der Waals surface area (Å²) in [5.74, 6) is -2.09. The van der Waals surface area contributed by atoms with Crippen molar-refractivity contribution in [2.45, 2.75) is 44.2 Å². The number of unbranched alkanes of at least 4 members (excludes halogenated alkanes) is 1. The molecule has 2 amide bonds. The first-order valence-corrected chi connectivity index (χ1v) is 12.7. The van der Waals surface area contributed by atoms with Gasteiger partial charge in [-0.05, 0) is 73.3 Å². The second-order valence-electron chi connectivity index (χ2n) is 9.05. The monoisotopic (exact) mass is 531 g/mol. The molecule has 0 spiro atoms. The number of aromatic hydroxyl groups is 1. The Morgan fingerprint density at radius 2 is 1.38 bits per heavy atom. The number of carboxylic acids is 1. The molecule has 0 radical (unpaired) electrons. The van der Waals surface area contributed by atoms with Crippen molar-refractivity contribution in [3.8, 4) is 5.75 Å². The van der Waals surface area contributed by atoms with Gasteiger partial charge in [-0.1, -0.05) is 42.5 Å². The fourth-order valence-electron chi connectivity index (χ4n) is 3.82. The topological polar surface area (TPSA) is 166 Å². The predicted octanol–water partition coefficient (Wildman–Crippen LogP) is 3.78. The first-order valence-electron chi connectivity index (χ1n) is 12.7. The molecule has 0 aliphatic rings. The van der Waals surface area contributed by atoms with Crippen molar-refractivity contribution in [3.63, 3.8) is 0 Å². The molecule has 2 atom stereocenters. The van der Waals surface area contributed by atoms with E-state index < -0.39 is 29.9 Å². The number of nitrogens with zero attached hydrogens (tertiary/aromatic N) is 2. The van der Waals surface area contributed by atoms with Crippen LogP contribution in [0.2, 0.25) is 0 Å². The molecular weight excluding hydrogens is 498 g/mol. The van der Waals surface area contributed by atoms with Gasteiger partial charge in [0.15, 0.2) is 0 Å². The standard InChI is InChI=1S/C29H33N5O5/c30-17-5-4-8-25(29(38)39)32-28(37)26(18-20-11-15-24(35)16-12-20)31-27(36)19-21-9-13-23(14-10-21)34-33-22-6-2-1-3-7-22/h1-3,6-7,9-16,25-26,35H,4-5,8,17-19,30H2,(H,31,36)(H,32,37)(H,38,39)/t25-,26-/m0/s1. The van der Waals surface area contributed by atoms with Crippen molar-refractivity contribution in [3.05, 3.63) is 90.0 Å². The number of azo groups is 1. The molecule has 3 aromatic rings. The second-order valence-corrected chi connectivity index (χ2v) is 9.05. The van der Waals surface area contributed by atoms with Gasteiger partial charge in [0.1, 0.15) is 17.8 Å². The fourth-order valence-corrected chi connectivity index (χ4v) is 3.82. The predicted molar refractivity (Wildman–Crippen MR) is 147 cm³/mol. The van der Waals surface area contributed by atoms with Crippen molar-refractivity contribution in [1.82, 2.24) is 10.6 Å². The van der Waals surface area contributed by atoms with E-state index in [1.165, 1.54) is 12.1 Å². The summed E-state index contributed by atoms with van der Waals surface area (Å²) < 4.78 is 0. The SMILES string of the molecule is NCCCC[C@H](NC(=O)[C@H](Cc1ccc(O)cc1)NC(=O)Cc1ccc(N=Nc2ccccc2)cc1)C(=O)O. The van der Waals surface area contributed by atoms with Crippen LogP contribution in [0.5, 0.6) is 5.75 Å². The lowest BCUT2D eigenvalue weighted by atomic mass is 10.0. The molecule has 3 aromatic carbocycles. The van der Waals surface area contributed by atoms with Crippen molar-refractivity contribution < 1.29 is 24.6 Å². The largest absolute Gasteiger partial charge is 0.508 e. The molecule has 204 valence electrons. The number of hydrogen-bond acceptors (Lipinski definition) is 7. The lowest BCUT2D eigenvalue weighted by Crippen LogP contribution is -2.52. The van der Waals surface area contributed by atoms with Gasteiger partial charge in [0, 0.05) is 6.42 Å². The maximum absolute atomic E-state index is 13.1. The van der Waals surface area contributed by atoms with Crippen LogP contribution >= 0.6 is 0 Å². The van der Waals surface area contributed by atoms with E-state index in [1.54, 1.807) is 36.4 Å². The molecule has 0 fully saturated rings. The molecule has 0 aromatic heterocycles. The number of phenols is 1. The molecule has 0 aliphatic heterocycles. The Balaban J connectivity index is 1.66. The van der Waals surface area contributed by atoms with Gasteiger partial charge in [-0.3, -0.25) is 9.59 Å². The van der Waals surface area contributed by atoms with E-state index >= 15 is 0 Å². The molecular formula is C29H33N5O5. The molecule has 0 aliphatic carbocycles. The minimum absolute atomic E-state index is 0.00826. The summed E-state index contributed by atoms with van der Waals surface area (Å²) in [6.07, 6.45) is 1.54. The zero-order valence-corrected chi connectivity index (χ0v) is 21.5. The third-order valence-corrected chi connectivity index (χ3v) is 5.93. The Bertz CT molecular complexity index is 1250. The molecule has 3 rings (SSSR count). The lowest BCUT2D eigenvalue weighted by Gasteiger charge is -2.22. The van der Waals surface area contributed by atoms with Gasteiger partial charge >= 0.3 is 5.97 Å². The zero-order chi connectivity index (χ0) is 28.0. The van der Waals surface area contributed by atoms with Crippen LogP contribution in [0.3, 0.4) is 0 Å². The maximum atomic E-state index is 13.1. The van der Waals surface area contributed by atoms with E-state index in [9.17, 15) is 24.6 Å². The number of aliphatic carboxylic acids is 1. The summed E-state index contributed by atoms with van der Waals surface area (Å²) in [5.41, 5.74) is 8.24. The molecule has 10 nitrogen and oxygen atoms in total. The van der Waals surface area contributed by atoms with Crippen LogP contribution < -0.4 is 16.4 Å². The van der Waals surface area contributed by atoms with Gasteiger partial charge in [-0.2, -0.15) is 10.2 Å². The highest BCUT2D eigenvalue weighted by Crippen LogP contribution is 2.19. The van der Waals surface area contributed by atoms with Gasteiger partial charge in [0.05, 0.1) is 17.8 Å². The second kappa shape index (κ2) is 15.0. The van der Waals surface area contributed by atoms with E-state index in [1.807, 2.05) is 30.3 Å². The third-order valence-electron chi connectivity index (χ3n) is 5.93. The summed E-state index contributed by atoms with van der Waals surface area (Å²) in [7, 11) is 0. The fraction of sp³-hybridized carbons (Fsp3) is 0.276. The number of hydrogen-bond donors (Lipinski definition) is 5. The Morgan fingerprint density at radius 1 is 0.769 bits per heavy atom. The van der Waals surface area contributed by atoms with Gasteiger partial charge in [0.25, 0.3) is 0 Å². The van der Waals surface area contributed by atoms with Gasteiger partial charge < -0.3 is 26.6 Å². The molecule has 0 unspecified atom stereocenters. The summed E-state index contributed by atoms with van der Waals surface area (Å²) in [5, 5.41) is 32.8. The highest BCUT2D eigenvalue weighted by atomic mass is 16.4. The van der Waals surface area contributed by atoms with Crippen molar-refractivity contribution in [2.75, 3.05) is 6.54 Å². The number of amides is 2. The highest BCUT2D eigenvalue weighted by Gasteiger charge is 2.26. The van der Waals surface area contributed by atoms with Crippen LogP contribution in [0.1, 0.15) is 30.4 Å². The van der Waals surface area contributed by atoms with E-state index in [4.69, 9.17) is 5.73 Å².